The summed E-state index contributed by atoms with van der Waals surface area (Å²) in [5.74, 6) is 0.252. The van der Waals surface area contributed by atoms with E-state index in [1.807, 2.05) is 30.3 Å². The van der Waals surface area contributed by atoms with Crippen LogP contribution in [0.25, 0.3) is 11.0 Å². The SMILES string of the molecule is CC12CCC(C(=O)N3CCN(c4ccccc4)CC3)(c3nc4ccccc4nc31)C2(C)C. The van der Waals surface area contributed by atoms with Crippen molar-refractivity contribution in [2.24, 2.45) is 5.41 Å². The first-order valence-corrected chi connectivity index (χ1v) is 11.8. The summed E-state index contributed by atoms with van der Waals surface area (Å²) >= 11 is 0. The van der Waals surface area contributed by atoms with Gasteiger partial charge in [0.25, 0.3) is 0 Å². The van der Waals surface area contributed by atoms with Crippen LogP contribution in [0.15, 0.2) is 54.6 Å². The van der Waals surface area contributed by atoms with Gasteiger partial charge in [-0.1, -0.05) is 51.1 Å². The molecule has 0 spiro atoms. The number of piperazine rings is 1. The summed E-state index contributed by atoms with van der Waals surface area (Å²) in [7, 11) is 0. The fourth-order valence-electron chi connectivity index (χ4n) is 6.60. The molecule has 1 saturated heterocycles. The number of rotatable bonds is 2. The standard InChI is InChI=1S/C27H30N4O/c1-25(2)26(3)13-14-27(25,23-22(26)28-20-11-7-8-12-21(20)29-23)24(32)31-17-15-30(16-18-31)19-9-5-4-6-10-19/h4-12H,13-18H2,1-3H3. The number of aromatic nitrogens is 2. The van der Waals surface area contributed by atoms with Crippen molar-refractivity contribution in [3.05, 3.63) is 66.0 Å². The Morgan fingerprint density at radius 1 is 0.781 bits per heavy atom. The van der Waals surface area contributed by atoms with Crippen molar-refractivity contribution in [1.82, 2.24) is 14.9 Å². The van der Waals surface area contributed by atoms with Crippen molar-refractivity contribution in [2.45, 2.75) is 44.4 Å². The first kappa shape index (κ1) is 19.7. The van der Waals surface area contributed by atoms with E-state index in [1.165, 1.54) is 5.69 Å². The second-order valence-corrected chi connectivity index (χ2v) is 10.4. The highest BCUT2D eigenvalue weighted by Crippen LogP contribution is 2.70. The van der Waals surface area contributed by atoms with Gasteiger partial charge in [-0.2, -0.15) is 0 Å². The van der Waals surface area contributed by atoms with Gasteiger partial charge < -0.3 is 9.80 Å². The molecule has 2 bridgehead atoms. The topological polar surface area (TPSA) is 49.3 Å². The molecule has 2 atom stereocenters. The van der Waals surface area contributed by atoms with Crippen LogP contribution in [0, 0.1) is 5.41 Å². The maximum Gasteiger partial charge on any atom is 0.235 e. The largest absolute Gasteiger partial charge is 0.368 e. The van der Waals surface area contributed by atoms with Crippen LogP contribution in [-0.2, 0) is 15.6 Å². The van der Waals surface area contributed by atoms with Crippen molar-refractivity contribution in [2.75, 3.05) is 31.1 Å². The lowest BCUT2D eigenvalue weighted by atomic mass is 9.63. The first-order chi connectivity index (χ1) is 15.4. The summed E-state index contributed by atoms with van der Waals surface area (Å²) in [4.78, 5) is 29.0. The maximum atomic E-state index is 14.3. The molecule has 1 aromatic heterocycles. The van der Waals surface area contributed by atoms with Crippen LogP contribution in [0.2, 0.25) is 0 Å². The number of carbonyl (C=O) groups is 1. The molecule has 1 saturated carbocycles. The van der Waals surface area contributed by atoms with Crippen molar-refractivity contribution < 1.29 is 4.79 Å². The monoisotopic (exact) mass is 426 g/mol. The molecule has 2 fully saturated rings. The van der Waals surface area contributed by atoms with Gasteiger partial charge in [-0.05, 0) is 42.5 Å². The molecular weight excluding hydrogens is 396 g/mol. The Hall–Kier alpha value is -2.95. The molecule has 2 unspecified atom stereocenters. The summed E-state index contributed by atoms with van der Waals surface area (Å²) in [5, 5.41) is 0. The van der Waals surface area contributed by atoms with E-state index in [1.54, 1.807) is 0 Å². The minimum Gasteiger partial charge on any atom is -0.368 e. The molecule has 5 heteroatoms. The summed E-state index contributed by atoms with van der Waals surface area (Å²) in [6, 6.07) is 18.6. The quantitative estimate of drug-likeness (QED) is 0.613. The average Bonchev–Trinajstić information content (AvgIpc) is 3.13. The second-order valence-electron chi connectivity index (χ2n) is 10.4. The van der Waals surface area contributed by atoms with Crippen LogP contribution in [0.3, 0.4) is 0 Å². The lowest BCUT2D eigenvalue weighted by Gasteiger charge is -2.44. The third kappa shape index (κ3) is 2.31. The Morgan fingerprint density at radius 2 is 1.38 bits per heavy atom. The number of anilines is 1. The van der Waals surface area contributed by atoms with E-state index in [4.69, 9.17) is 9.97 Å². The molecule has 6 rings (SSSR count). The fraction of sp³-hybridized carbons (Fsp3) is 0.444. The number of benzene rings is 2. The lowest BCUT2D eigenvalue weighted by Crippen LogP contribution is -2.57. The summed E-state index contributed by atoms with van der Waals surface area (Å²) < 4.78 is 0. The Balaban J connectivity index is 1.38. The van der Waals surface area contributed by atoms with E-state index in [-0.39, 0.29) is 16.7 Å². The van der Waals surface area contributed by atoms with E-state index >= 15 is 0 Å². The Labute approximate surface area is 189 Å². The molecule has 2 aliphatic carbocycles. The van der Waals surface area contributed by atoms with Gasteiger partial charge in [-0.25, -0.2) is 9.97 Å². The summed E-state index contributed by atoms with van der Waals surface area (Å²) in [6.45, 7) is 10.1. The fourth-order valence-corrected chi connectivity index (χ4v) is 6.60. The second kappa shape index (κ2) is 6.53. The zero-order chi connectivity index (χ0) is 22.1. The Kier molecular flexibility index (Phi) is 4.02. The lowest BCUT2D eigenvalue weighted by molar-refractivity contribution is -0.141. The predicted molar refractivity (Wildman–Crippen MR) is 127 cm³/mol. The van der Waals surface area contributed by atoms with Crippen LogP contribution in [0.4, 0.5) is 5.69 Å². The van der Waals surface area contributed by atoms with Crippen molar-refractivity contribution >= 4 is 22.6 Å². The number of nitrogens with zero attached hydrogens (tertiary/aromatic N) is 4. The minimum absolute atomic E-state index is 0.138. The molecule has 2 aromatic carbocycles. The molecule has 2 heterocycles. The highest BCUT2D eigenvalue weighted by Gasteiger charge is 2.73. The molecule has 1 aliphatic heterocycles. The van der Waals surface area contributed by atoms with E-state index < -0.39 is 5.41 Å². The first-order valence-electron chi connectivity index (χ1n) is 11.8. The van der Waals surface area contributed by atoms with Crippen molar-refractivity contribution in [3.63, 3.8) is 0 Å². The highest BCUT2D eigenvalue weighted by molar-refractivity contribution is 5.93. The van der Waals surface area contributed by atoms with Gasteiger partial charge in [0.1, 0.15) is 0 Å². The van der Waals surface area contributed by atoms with Crippen LogP contribution in [0.1, 0.15) is 45.0 Å². The van der Waals surface area contributed by atoms with Gasteiger partial charge in [0.05, 0.1) is 27.8 Å². The third-order valence-electron chi connectivity index (χ3n) is 9.00. The molecular formula is C27H30N4O. The van der Waals surface area contributed by atoms with Crippen LogP contribution in [-0.4, -0.2) is 47.0 Å². The van der Waals surface area contributed by atoms with Crippen molar-refractivity contribution in [3.8, 4) is 0 Å². The smallest absolute Gasteiger partial charge is 0.235 e. The molecule has 32 heavy (non-hydrogen) atoms. The number of hydrogen-bond donors (Lipinski definition) is 0. The normalized spacial score (nSPS) is 28.2. The number of carbonyl (C=O) groups excluding carboxylic acids is 1. The van der Waals surface area contributed by atoms with Gasteiger partial charge >= 0.3 is 0 Å². The maximum absolute atomic E-state index is 14.3. The molecule has 0 N–H and O–H groups in total. The molecule has 1 amide bonds. The minimum atomic E-state index is -0.594. The van der Waals surface area contributed by atoms with Gasteiger partial charge in [0.2, 0.25) is 5.91 Å². The van der Waals surface area contributed by atoms with Gasteiger partial charge in [0.15, 0.2) is 0 Å². The number of hydrogen-bond acceptors (Lipinski definition) is 4. The van der Waals surface area contributed by atoms with E-state index in [0.717, 1.165) is 61.4 Å². The average molecular weight is 427 g/mol. The number of fused-ring (bicyclic) bond motifs is 6. The Morgan fingerprint density at radius 3 is 2.03 bits per heavy atom. The molecule has 164 valence electrons. The van der Waals surface area contributed by atoms with E-state index in [0.29, 0.717) is 0 Å². The van der Waals surface area contributed by atoms with Crippen LogP contribution < -0.4 is 4.90 Å². The van der Waals surface area contributed by atoms with E-state index in [9.17, 15) is 4.79 Å². The summed E-state index contributed by atoms with van der Waals surface area (Å²) in [5.41, 5.74) is 4.07. The zero-order valence-corrected chi connectivity index (χ0v) is 19.1. The van der Waals surface area contributed by atoms with Gasteiger partial charge in [-0.15, -0.1) is 0 Å². The third-order valence-corrected chi connectivity index (χ3v) is 9.00. The molecule has 3 aromatic rings. The number of amides is 1. The highest BCUT2D eigenvalue weighted by atomic mass is 16.2. The molecule has 0 radical (unpaired) electrons. The van der Waals surface area contributed by atoms with Gasteiger partial charge in [-0.3, -0.25) is 4.79 Å². The van der Waals surface area contributed by atoms with Crippen molar-refractivity contribution in [1.29, 1.82) is 0 Å². The van der Waals surface area contributed by atoms with Crippen LogP contribution >= 0.6 is 0 Å². The summed E-state index contributed by atoms with van der Waals surface area (Å²) in [6.07, 6.45) is 1.84. The Bertz CT molecular complexity index is 1210. The molecule has 3 aliphatic rings. The number of para-hydroxylation sites is 3. The zero-order valence-electron chi connectivity index (χ0n) is 19.1. The van der Waals surface area contributed by atoms with Crippen LogP contribution in [0.5, 0.6) is 0 Å². The van der Waals surface area contributed by atoms with E-state index in [2.05, 4.69) is 54.8 Å². The molecule has 5 nitrogen and oxygen atoms in total. The predicted octanol–water partition coefficient (Wildman–Crippen LogP) is 4.31. The van der Waals surface area contributed by atoms with Gasteiger partial charge in [0, 0.05) is 37.3 Å².